The molecule has 0 aromatic carbocycles. The number of rotatable bonds is 4. The molecule has 8 nitrogen and oxygen atoms in total. The summed E-state index contributed by atoms with van der Waals surface area (Å²) in [6, 6.07) is 8.40. The van der Waals surface area contributed by atoms with E-state index >= 15 is 0 Å². The van der Waals surface area contributed by atoms with E-state index in [0.29, 0.717) is 24.6 Å². The number of amides is 1. The highest BCUT2D eigenvalue weighted by atomic mass is 19.3. The Labute approximate surface area is 146 Å². The van der Waals surface area contributed by atoms with E-state index < -0.39 is 12.2 Å². The summed E-state index contributed by atoms with van der Waals surface area (Å²) in [5, 5.41) is 14.4. The van der Waals surface area contributed by atoms with Gasteiger partial charge in [0.15, 0.2) is 5.65 Å². The van der Waals surface area contributed by atoms with Crippen molar-refractivity contribution in [1.29, 1.82) is 0 Å². The maximum absolute atomic E-state index is 12.9. The normalized spacial score (nSPS) is 17.2. The van der Waals surface area contributed by atoms with Crippen molar-refractivity contribution in [3.05, 3.63) is 48.0 Å². The van der Waals surface area contributed by atoms with Crippen LogP contribution in [0, 0.1) is 0 Å². The summed E-state index contributed by atoms with van der Waals surface area (Å²) in [5.41, 5.74) is 0.656. The Morgan fingerprint density at radius 1 is 1.23 bits per heavy atom. The number of alkyl halides is 2. The van der Waals surface area contributed by atoms with Crippen LogP contribution in [0.5, 0.6) is 0 Å². The van der Waals surface area contributed by atoms with Crippen molar-refractivity contribution in [3.63, 3.8) is 0 Å². The summed E-state index contributed by atoms with van der Waals surface area (Å²) < 4.78 is 26.9. The number of pyridine rings is 1. The van der Waals surface area contributed by atoms with Gasteiger partial charge < -0.3 is 10.2 Å². The van der Waals surface area contributed by atoms with Crippen LogP contribution in [0.4, 0.5) is 14.6 Å². The highest BCUT2D eigenvalue weighted by molar-refractivity contribution is 5.92. The maximum Gasteiger partial charge on any atom is 0.299 e. The number of aromatic nitrogens is 5. The quantitative estimate of drug-likeness (QED) is 0.764. The van der Waals surface area contributed by atoms with Gasteiger partial charge in [0.1, 0.15) is 11.5 Å². The van der Waals surface area contributed by atoms with Crippen LogP contribution in [-0.2, 0) is 0 Å². The molecule has 1 aliphatic heterocycles. The number of anilines is 1. The lowest BCUT2D eigenvalue weighted by molar-refractivity contribution is 0.0785. The summed E-state index contributed by atoms with van der Waals surface area (Å²) in [5.74, 6) is -0.199. The van der Waals surface area contributed by atoms with Crippen LogP contribution in [-0.4, -0.2) is 54.7 Å². The van der Waals surface area contributed by atoms with Crippen LogP contribution in [0.25, 0.3) is 5.65 Å². The average Bonchev–Trinajstić information content (AvgIpc) is 3.28. The van der Waals surface area contributed by atoms with Crippen molar-refractivity contribution in [2.75, 3.05) is 18.4 Å². The van der Waals surface area contributed by atoms with Crippen LogP contribution < -0.4 is 5.32 Å². The number of carbonyl (C=O) groups excluding carboxylic acids is 1. The van der Waals surface area contributed by atoms with Gasteiger partial charge in [-0.3, -0.25) is 9.78 Å². The summed E-state index contributed by atoms with van der Waals surface area (Å²) >= 11 is 0. The fourth-order valence-corrected chi connectivity index (χ4v) is 2.94. The number of hydrogen-bond acceptors (Lipinski definition) is 6. The molecule has 10 heteroatoms. The number of nitrogens with zero attached hydrogens (tertiary/aromatic N) is 6. The highest BCUT2D eigenvalue weighted by Gasteiger charge is 2.28. The van der Waals surface area contributed by atoms with Crippen LogP contribution >= 0.6 is 0 Å². The van der Waals surface area contributed by atoms with E-state index in [9.17, 15) is 13.6 Å². The second kappa shape index (κ2) is 6.62. The average molecular weight is 359 g/mol. The van der Waals surface area contributed by atoms with Crippen LogP contribution in [0.1, 0.15) is 29.2 Å². The van der Waals surface area contributed by atoms with Crippen molar-refractivity contribution >= 4 is 17.4 Å². The van der Waals surface area contributed by atoms with Gasteiger partial charge in [-0.2, -0.15) is 4.52 Å². The molecule has 134 valence electrons. The molecule has 0 radical (unpaired) electrons. The number of likely N-dealkylation sites (tertiary alicyclic amines) is 1. The minimum Gasteiger partial charge on any atom is -0.364 e. The van der Waals surface area contributed by atoms with Gasteiger partial charge in [0.2, 0.25) is 5.82 Å². The first-order valence-electron chi connectivity index (χ1n) is 8.09. The summed E-state index contributed by atoms with van der Waals surface area (Å²) in [6.07, 6.45) is -0.453. The van der Waals surface area contributed by atoms with E-state index in [0.717, 1.165) is 10.9 Å². The van der Waals surface area contributed by atoms with Gasteiger partial charge in [0.05, 0.1) is 0 Å². The molecule has 4 rings (SSSR count). The number of fused-ring (bicyclic) bond motifs is 1. The largest absolute Gasteiger partial charge is 0.364 e. The van der Waals surface area contributed by atoms with Crippen molar-refractivity contribution in [1.82, 2.24) is 29.7 Å². The minimum atomic E-state index is -2.76. The van der Waals surface area contributed by atoms with Crippen molar-refractivity contribution < 1.29 is 13.6 Å². The second-order valence-corrected chi connectivity index (χ2v) is 5.94. The molecule has 26 heavy (non-hydrogen) atoms. The summed E-state index contributed by atoms with van der Waals surface area (Å²) in [6.45, 7) is 1.07. The standard InChI is InChI=1S/C16H15F2N7O/c17-14(18)15-22-21-13-5-4-12(23-25(13)15)20-10-6-8-24(9-10)16(26)11-3-1-2-7-19-11/h1-5,7,10,14H,6,8-9H2,(H,20,23). The van der Waals surface area contributed by atoms with E-state index in [4.69, 9.17) is 0 Å². The van der Waals surface area contributed by atoms with Crippen LogP contribution in [0.3, 0.4) is 0 Å². The highest BCUT2D eigenvalue weighted by Crippen LogP contribution is 2.19. The van der Waals surface area contributed by atoms with Gasteiger partial charge in [0, 0.05) is 25.3 Å². The Kier molecular flexibility index (Phi) is 4.15. The predicted octanol–water partition coefficient (Wildman–Crippen LogP) is 1.78. The Bertz CT molecular complexity index is 931. The van der Waals surface area contributed by atoms with E-state index in [2.05, 4.69) is 25.6 Å². The first-order chi connectivity index (χ1) is 12.6. The Hall–Kier alpha value is -3.17. The molecule has 1 amide bonds. The van der Waals surface area contributed by atoms with E-state index in [1.807, 2.05) is 0 Å². The second-order valence-electron chi connectivity index (χ2n) is 5.94. The molecule has 0 saturated carbocycles. The number of nitrogens with one attached hydrogen (secondary N) is 1. The molecular weight excluding hydrogens is 344 g/mol. The monoisotopic (exact) mass is 359 g/mol. The molecule has 3 aromatic rings. The van der Waals surface area contributed by atoms with Gasteiger partial charge in [-0.25, -0.2) is 8.78 Å². The first kappa shape index (κ1) is 16.3. The summed E-state index contributed by atoms with van der Waals surface area (Å²) in [7, 11) is 0. The van der Waals surface area contributed by atoms with Crippen molar-refractivity contribution in [2.45, 2.75) is 18.9 Å². The van der Waals surface area contributed by atoms with Gasteiger partial charge in [0.25, 0.3) is 12.3 Å². The zero-order valence-electron chi connectivity index (χ0n) is 13.6. The zero-order chi connectivity index (χ0) is 18.1. The molecule has 1 fully saturated rings. The van der Waals surface area contributed by atoms with E-state index in [-0.39, 0.29) is 17.6 Å². The van der Waals surface area contributed by atoms with Gasteiger partial charge in [-0.05, 0) is 30.7 Å². The number of hydrogen-bond donors (Lipinski definition) is 1. The third-order valence-corrected chi connectivity index (χ3v) is 4.19. The molecule has 1 N–H and O–H groups in total. The third kappa shape index (κ3) is 3.05. The van der Waals surface area contributed by atoms with E-state index in [1.165, 1.54) is 0 Å². The Balaban J connectivity index is 1.46. The Morgan fingerprint density at radius 2 is 2.12 bits per heavy atom. The molecule has 0 bridgehead atoms. The molecule has 1 atom stereocenters. The minimum absolute atomic E-state index is 0.0286. The molecule has 0 spiro atoms. The lowest BCUT2D eigenvalue weighted by atomic mass is 10.2. The lowest BCUT2D eigenvalue weighted by Crippen LogP contribution is -2.32. The van der Waals surface area contributed by atoms with Crippen molar-refractivity contribution in [2.24, 2.45) is 0 Å². The summed E-state index contributed by atoms with van der Waals surface area (Å²) in [4.78, 5) is 18.2. The Morgan fingerprint density at radius 3 is 2.88 bits per heavy atom. The molecule has 0 aliphatic carbocycles. The molecule has 1 unspecified atom stereocenters. The van der Waals surface area contributed by atoms with Gasteiger partial charge >= 0.3 is 0 Å². The van der Waals surface area contributed by atoms with Gasteiger partial charge in [-0.15, -0.1) is 15.3 Å². The van der Waals surface area contributed by atoms with Crippen LogP contribution in [0.15, 0.2) is 36.5 Å². The maximum atomic E-state index is 12.9. The predicted molar refractivity (Wildman–Crippen MR) is 87.9 cm³/mol. The zero-order valence-corrected chi connectivity index (χ0v) is 13.6. The van der Waals surface area contributed by atoms with Crippen molar-refractivity contribution in [3.8, 4) is 0 Å². The topological polar surface area (TPSA) is 88.3 Å². The van der Waals surface area contributed by atoms with E-state index in [1.54, 1.807) is 41.4 Å². The molecule has 1 aliphatic rings. The molecule has 1 saturated heterocycles. The molecular formula is C16H15F2N7O. The number of halogens is 2. The third-order valence-electron chi connectivity index (χ3n) is 4.19. The fourth-order valence-electron chi connectivity index (χ4n) is 2.94. The molecule has 3 aromatic heterocycles. The lowest BCUT2D eigenvalue weighted by Gasteiger charge is -2.17. The SMILES string of the molecule is O=C(c1ccccn1)N1CCC(Nc2ccc3nnc(C(F)F)n3n2)C1. The smallest absolute Gasteiger partial charge is 0.299 e. The first-order valence-corrected chi connectivity index (χ1v) is 8.09. The number of carbonyl (C=O) groups is 1. The fraction of sp³-hybridized carbons (Fsp3) is 0.312. The molecule has 4 heterocycles. The van der Waals surface area contributed by atoms with Gasteiger partial charge in [-0.1, -0.05) is 6.07 Å². The van der Waals surface area contributed by atoms with Crippen LogP contribution in [0.2, 0.25) is 0 Å².